The second kappa shape index (κ2) is 8.18. The first-order chi connectivity index (χ1) is 13.3. The second-order valence-corrected chi connectivity index (χ2v) is 6.39. The van der Waals surface area contributed by atoms with Crippen molar-refractivity contribution >= 4 is 40.1 Å². The van der Waals surface area contributed by atoms with Crippen molar-refractivity contribution in [3.05, 3.63) is 69.5 Å². The van der Waals surface area contributed by atoms with E-state index in [1.165, 1.54) is 42.1 Å². The molecule has 7 nitrogen and oxygen atoms in total. The Hall–Kier alpha value is -3.26. The van der Waals surface area contributed by atoms with Crippen molar-refractivity contribution in [2.75, 3.05) is 11.9 Å². The van der Waals surface area contributed by atoms with E-state index in [4.69, 9.17) is 11.6 Å². The number of carbonyl (C=O) groups is 2. The molecule has 0 aliphatic carbocycles. The maximum absolute atomic E-state index is 13.6. The minimum absolute atomic E-state index is 0.0102. The molecule has 3 rings (SSSR count). The van der Waals surface area contributed by atoms with Crippen LogP contribution >= 0.6 is 11.6 Å². The van der Waals surface area contributed by atoms with Crippen LogP contribution in [0.25, 0.3) is 10.9 Å². The highest BCUT2D eigenvalue weighted by Crippen LogP contribution is 2.17. The molecule has 0 aliphatic heterocycles. The van der Waals surface area contributed by atoms with Gasteiger partial charge in [0.05, 0.1) is 28.8 Å². The molecule has 1 N–H and O–H groups in total. The summed E-state index contributed by atoms with van der Waals surface area (Å²) in [5.74, 6) is -1.63. The number of rotatable bonds is 5. The molecule has 1 aromatic heterocycles. The van der Waals surface area contributed by atoms with E-state index in [-0.39, 0.29) is 17.1 Å². The minimum Gasteiger partial charge on any atom is -0.456 e. The number of amides is 1. The highest BCUT2D eigenvalue weighted by atomic mass is 35.5. The number of esters is 1. The highest BCUT2D eigenvalue weighted by molar-refractivity contribution is 6.30. The van der Waals surface area contributed by atoms with Crippen LogP contribution < -0.4 is 10.9 Å². The fourth-order valence-electron chi connectivity index (χ4n) is 2.55. The highest BCUT2D eigenvalue weighted by Gasteiger charge is 2.09. The molecule has 0 unspecified atom stereocenters. The summed E-state index contributed by atoms with van der Waals surface area (Å²) in [5, 5.41) is 2.91. The number of carbonyl (C=O) groups excluding carboxylic acids is 2. The number of benzene rings is 2. The monoisotopic (exact) mass is 403 g/mol. The van der Waals surface area contributed by atoms with Crippen molar-refractivity contribution in [1.29, 1.82) is 0 Å². The molecule has 28 heavy (non-hydrogen) atoms. The maximum atomic E-state index is 13.6. The number of nitrogens with zero attached hydrogens (tertiary/aromatic N) is 2. The van der Waals surface area contributed by atoms with E-state index in [9.17, 15) is 18.8 Å². The van der Waals surface area contributed by atoms with Crippen LogP contribution in [0, 0.1) is 5.82 Å². The third-order valence-electron chi connectivity index (χ3n) is 3.85. The first kappa shape index (κ1) is 19.5. The van der Waals surface area contributed by atoms with Crippen LogP contribution in [0.3, 0.4) is 0 Å². The van der Waals surface area contributed by atoms with Gasteiger partial charge in [-0.25, -0.2) is 9.37 Å². The third kappa shape index (κ3) is 4.52. The molecular formula is C19H15ClFN3O4. The molecule has 0 fully saturated rings. The third-order valence-corrected chi connectivity index (χ3v) is 4.16. The standard InChI is InChI=1S/C19H15ClFN3O4/c1-11(25)28-9-18(26)23-13-3-4-14-17(7-13)22-10-24(19(14)27)8-12-2-5-15(20)16(21)6-12/h2-7,10H,8-9H2,1H3,(H,23,26). The zero-order valence-corrected chi connectivity index (χ0v) is 15.5. The molecule has 9 heteroatoms. The predicted octanol–water partition coefficient (Wildman–Crippen LogP) is 2.74. The van der Waals surface area contributed by atoms with Crippen molar-refractivity contribution < 1.29 is 18.7 Å². The average Bonchev–Trinajstić information content (AvgIpc) is 2.65. The van der Waals surface area contributed by atoms with Crippen molar-refractivity contribution in [2.45, 2.75) is 13.5 Å². The molecule has 3 aromatic rings. The van der Waals surface area contributed by atoms with Crippen LogP contribution in [0.4, 0.5) is 10.1 Å². The molecule has 144 valence electrons. The molecule has 0 saturated heterocycles. The summed E-state index contributed by atoms with van der Waals surface area (Å²) >= 11 is 5.67. The van der Waals surface area contributed by atoms with Gasteiger partial charge in [-0.1, -0.05) is 17.7 Å². The van der Waals surface area contributed by atoms with Crippen molar-refractivity contribution in [3.63, 3.8) is 0 Å². The van der Waals surface area contributed by atoms with E-state index in [0.29, 0.717) is 22.2 Å². The summed E-state index contributed by atoms with van der Waals surface area (Å²) < 4.78 is 19.6. The van der Waals surface area contributed by atoms with Crippen molar-refractivity contribution in [1.82, 2.24) is 9.55 Å². The number of ether oxygens (including phenoxy) is 1. The normalized spacial score (nSPS) is 10.7. The smallest absolute Gasteiger partial charge is 0.303 e. The number of hydrogen-bond donors (Lipinski definition) is 1. The molecule has 0 radical (unpaired) electrons. The van der Waals surface area contributed by atoms with Gasteiger partial charge < -0.3 is 10.1 Å². The first-order valence-corrected chi connectivity index (χ1v) is 8.57. The maximum Gasteiger partial charge on any atom is 0.303 e. The fourth-order valence-corrected chi connectivity index (χ4v) is 2.67. The van der Waals surface area contributed by atoms with Gasteiger partial charge in [0.1, 0.15) is 5.82 Å². The SMILES string of the molecule is CC(=O)OCC(=O)Nc1ccc2c(=O)n(Cc3ccc(Cl)c(F)c3)cnc2c1. The van der Waals surface area contributed by atoms with Gasteiger partial charge in [-0.15, -0.1) is 0 Å². The van der Waals surface area contributed by atoms with Gasteiger partial charge >= 0.3 is 5.97 Å². The van der Waals surface area contributed by atoms with Gasteiger partial charge in [-0.2, -0.15) is 0 Å². The summed E-state index contributed by atoms with van der Waals surface area (Å²) in [6.07, 6.45) is 1.35. The van der Waals surface area contributed by atoms with E-state index < -0.39 is 24.3 Å². The van der Waals surface area contributed by atoms with E-state index in [1.807, 2.05) is 0 Å². The number of hydrogen-bond acceptors (Lipinski definition) is 5. The lowest BCUT2D eigenvalue weighted by molar-refractivity contribution is -0.144. The Bertz CT molecular complexity index is 1130. The van der Waals surface area contributed by atoms with Gasteiger partial charge in [0.2, 0.25) is 0 Å². The molecule has 0 aliphatic rings. The van der Waals surface area contributed by atoms with E-state index in [1.54, 1.807) is 12.1 Å². The summed E-state index contributed by atoms with van der Waals surface area (Å²) in [7, 11) is 0. The zero-order chi connectivity index (χ0) is 20.3. The number of halogens is 2. The zero-order valence-electron chi connectivity index (χ0n) is 14.7. The van der Waals surface area contributed by atoms with Gasteiger partial charge in [0, 0.05) is 12.6 Å². The van der Waals surface area contributed by atoms with Crippen LogP contribution in [0.15, 0.2) is 47.5 Å². The lowest BCUT2D eigenvalue weighted by Crippen LogP contribution is -2.22. The van der Waals surface area contributed by atoms with Crippen LogP contribution in [-0.4, -0.2) is 28.0 Å². The fraction of sp³-hybridized carbons (Fsp3) is 0.158. The molecule has 0 bridgehead atoms. The summed E-state index contributed by atoms with van der Waals surface area (Å²) in [6, 6.07) is 8.93. The van der Waals surface area contributed by atoms with E-state index in [0.717, 1.165) is 0 Å². The average molecular weight is 404 g/mol. The van der Waals surface area contributed by atoms with Crippen molar-refractivity contribution in [3.8, 4) is 0 Å². The van der Waals surface area contributed by atoms with Crippen LogP contribution in [0.1, 0.15) is 12.5 Å². The second-order valence-electron chi connectivity index (χ2n) is 5.99. The Morgan fingerprint density at radius 2 is 2.04 bits per heavy atom. The van der Waals surface area contributed by atoms with Gasteiger partial charge in [0.25, 0.3) is 11.5 Å². The molecular weight excluding hydrogens is 389 g/mol. The number of fused-ring (bicyclic) bond motifs is 1. The number of nitrogens with one attached hydrogen (secondary N) is 1. The Balaban J connectivity index is 1.82. The van der Waals surface area contributed by atoms with Gasteiger partial charge in [-0.3, -0.25) is 19.0 Å². The van der Waals surface area contributed by atoms with Crippen molar-refractivity contribution in [2.24, 2.45) is 0 Å². The van der Waals surface area contributed by atoms with Gasteiger partial charge in [-0.05, 0) is 35.9 Å². The summed E-state index contributed by atoms with van der Waals surface area (Å²) in [5.41, 5.74) is 1.06. The first-order valence-electron chi connectivity index (χ1n) is 8.20. The Labute approximate surface area is 163 Å². The topological polar surface area (TPSA) is 90.3 Å². The lowest BCUT2D eigenvalue weighted by Gasteiger charge is -2.09. The van der Waals surface area contributed by atoms with Gasteiger partial charge in [0.15, 0.2) is 6.61 Å². The minimum atomic E-state index is -0.560. The summed E-state index contributed by atoms with van der Waals surface area (Å²) in [4.78, 5) is 39.3. The lowest BCUT2D eigenvalue weighted by atomic mass is 10.2. The number of anilines is 1. The molecule has 1 amide bonds. The molecule has 2 aromatic carbocycles. The van der Waals surface area contributed by atoms with E-state index >= 15 is 0 Å². The predicted molar refractivity (Wildman–Crippen MR) is 102 cm³/mol. The quantitative estimate of drug-likeness (QED) is 0.661. The molecule has 1 heterocycles. The largest absolute Gasteiger partial charge is 0.456 e. The molecule has 0 spiro atoms. The van der Waals surface area contributed by atoms with E-state index in [2.05, 4.69) is 15.0 Å². The Morgan fingerprint density at radius 3 is 2.75 bits per heavy atom. The van der Waals surface area contributed by atoms with Crippen LogP contribution in [-0.2, 0) is 20.9 Å². The van der Waals surface area contributed by atoms with Crippen LogP contribution in [0.5, 0.6) is 0 Å². The molecule has 0 saturated carbocycles. The summed E-state index contributed by atoms with van der Waals surface area (Å²) in [6.45, 7) is 0.938. The molecule has 0 atom stereocenters. The Kier molecular flexibility index (Phi) is 5.70. The Morgan fingerprint density at radius 1 is 1.25 bits per heavy atom. The number of aromatic nitrogens is 2. The van der Waals surface area contributed by atoms with Crippen LogP contribution in [0.2, 0.25) is 5.02 Å².